The molecule has 2 aliphatic heterocycles. The normalized spacial score (nSPS) is 21.4. The van der Waals surface area contributed by atoms with Crippen LogP contribution in [0, 0.1) is 5.41 Å². The zero-order chi connectivity index (χ0) is 20.6. The summed E-state index contributed by atoms with van der Waals surface area (Å²) in [4.78, 5) is 25.6. The number of nitrogens with zero attached hydrogens (tertiary/aromatic N) is 6. The molecular weight excluding hydrogens is 380 g/mol. The molecule has 2 aromatic heterocycles. The van der Waals surface area contributed by atoms with Gasteiger partial charge in [-0.3, -0.25) is 9.69 Å². The van der Waals surface area contributed by atoms with E-state index >= 15 is 0 Å². The van der Waals surface area contributed by atoms with Crippen molar-refractivity contribution in [1.82, 2.24) is 29.5 Å². The summed E-state index contributed by atoms with van der Waals surface area (Å²) in [5.41, 5.74) is 1.15. The first-order chi connectivity index (χ1) is 14.6. The lowest BCUT2D eigenvalue weighted by molar-refractivity contribution is -0.134. The molecule has 4 heterocycles. The molecule has 2 fully saturated rings. The Balaban J connectivity index is 1.23. The number of carbonyl (C=O) groups is 1. The number of likely N-dealkylation sites (tertiary alicyclic amines) is 2. The van der Waals surface area contributed by atoms with E-state index < -0.39 is 0 Å². The van der Waals surface area contributed by atoms with Crippen molar-refractivity contribution in [3.05, 3.63) is 54.9 Å². The molecule has 156 valence electrons. The van der Waals surface area contributed by atoms with Gasteiger partial charge in [-0.2, -0.15) is 4.98 Å². The van der Waals surface area contributed by atoms with E-state index in [0.29, 0.717) is 12.4 Å². The van der Waals surface area contributed by atoms with Crippen LogP contribution in [0.15, 0.2) is 53.6 Å². The first-order valence-corrected chi connectivity index (χ1v) is 10.4. The van der Waals surface area contributed by atoms with E-state index in [4.69, 9.17) is 4.52 Å². The number of aromatic nitrogens is 4. The van der Waals surface area contributed by atoms with Gasteiger partial charge in [-0.1, -0.05) is 23.4 Å². The van der Waals surface area contributed by atoms with E-state index in [1.165, 1.54) is 0 Å². The number of amides is 1. The fraction of sp³-hybridized carbons (Fsp3) is 0.455. The predicted molar refractivity (Wildman–Crippen MR) is 110 cm³/mol. The highest BCUT2D eigenvalue weighted by Gasteiger charge is 2.46. The minimum absolute atomic E-state index is 0.152. The van der Waals surface area contributed by atoms with Crippen LogP contribution in [0.5, 0.6) is 0 Å². The number of rotatable bonds is 4. The summed E-state index contributed by atoms with van der Waals surface area (Å²) in [7, 11) is 2.13. The van der Waals surface area contributed by atoms with Gasteiger partial charge < -0.3 is 14.0 Å². The van der Waals surface area contributed by atoms with E-state index in [-0.39, 0.29) is 17.4 Å². The Kier molecular flexibility index (Phi) is 4.86. The van der Waals surface area contributed by atoms with Gasteiger partial charge in [0, 0.05) is 37.6 Å². The average Bonchev–Trinajstić information content (AvgIpc) is 3.50. The molecule has 1 aromatic carbocycles. The Hall–Kier alpha value is -3.00. The lowest BCUT2D eigenvalue weighted by atomic mass is 9.76. The second-order valence-electron chi connectivity index (χ2n) is 8.57. The molecule has 0 aliphatic carbocycles. The van der Waals surface area contributed by atoms with Crippen LogP contribution in [0.25, 0.3) is 11.5 Å². The summed E-state index contributed by atoms with van der Waals surface area (Å²) in [6.07, 6.45) is 8.23. The third-order valence-corrected chi connectivity index (χ3v) is 6.56. The van der Waals surface area contributed by atoms with Crippen molar-refractivity contribution in [1.29, 1.82) is 0 Å². The monoisotopic (exact) mass is 406 g/mol. The molecule has 2 aliphatic rings. The van der Waals surface area contributed by atoms with Crippen molar-refractivity contribution in [3.8, 4) is 11.5 Å². The van der Waals surface area contributed by atoms with Gasteiger partial charge in [0.15, 0.2) is 5.82 Å². The number of imidazole rings is 1. The minimum Gasteiger partial charge on any atom is -0.341 e. The quantitative estimate of drug-likeness (QED) is 0.663. The SMILES string of the molecule is CN1CC2(CCN(C(=O)Cn3ccnc3)CC2)CC1c1noc(-c2ccccc2)n1. The molecule has 0 N–H and O–H groups in total. The predicted octanol–water partition coefficient (Wildman–Crippen LogP) is 2.62. The summed E-state index contributed by atoms with van der Waals surface area (Å²) < 4.78 is 7.36. The average molecular weight is 406 g/mol. The molecule has 0 saturated carbocycles. The lowest BCUT2D eigenvalue weighted by Gasteiger charge is -2.39. The smallest absolute Gasteiger partial charge is 0.257 e. The van der Waals surface area contributed by atoms with Crippen LogP contribution >= 0.6 is 0 Å². The van der Waals surface area contributed by atoms with Gasteiger partial charge in [0.2, 0.25) is 5.91 Å². The first kappa shape index (κ1) is 19.0. The van der Waals surface area contributed by atoms with Gasteiger partial charge in [-0.25, -0.2) is 4.98 Å². The maximum atomic E-state index is 12.6. The van der Waals surface area contributed by atoms with Crippen LogP contribution in [0.3, 0.4) is 0 Å². The Morgan fingerprint density at radius 1 is 1.23 bits per heavy atom. The van der Waals surface area contributed by atoms with Crippen LogP contribution in [0.2, 0.25) is 0 Å². The molecule has 1 unspecified atom stereocenters. The molecule has 0 bridgehead atoms. The second-order valence-corrected chi connectivity index (χ2v) is 8.57. The summed E-state index contributed by atoms with van der Waals surface area (Å²) in [6, 6.07) is 10.0. The van der Waals surface area contributed by atoms with Crippen molar-refractivity contribution in [3.63, 3.8) is 0 Å². The lowest BCUT2D eigenvalue weighted by Crippen LogP contribution is -2.45. The van der Waals surface area contributed by atoms with Crippen LogP contribution < -0.4 is 0 Å². The van der Waals surface area contributed by atoms with Gasteiger partial charge in [0.05, 0.1) is 12.4 Å². The van der Waals surface area contributed by atoms with E-state index in [2.05, 4.69) is 27.1 Å². The number of piperidine rings is 1. The third-order valence-electron chi connectivity index (χ3n) is 6.56. The molecule has 3 aromatic rings. The summed E-state index contributed by atoms with van der Waals surface area (Å²) in [5.74, 6) is 1.49. The molecular formula is C22H26N6O2. The number of benzene rings is 1. The topological polar surface area (TPSA) is 80.3 Å². The van der Waals surface area contributed by atoms with Gasteiger partial charge in [-0.05, 0) is 43.9 Å². The highest BCUT2D eigenvalue weighted by molar-refractivity contribution is 5.76. The molecule has 1 atom stereocenters. The van der Waals surface area contributed by atoms with Gasteiger partial charge in [-0.15, -0.1) is 0 Å². The maximum absolute atomic E-state index is 12.6. The van der Waals surface area contributed by atoms with Crippen LogP contribution in [0.1, 0.15) is 31.1 Å². The summed E-state index contributed by atoms with van der Waals surface area (Å²) in [5, 5.41) is 4.29. The van der Waals surface area contributed by atoms with E-state index in [0.717, 1.165) is 50.3 Å². The molecule has 0 radical (unpaired) electrons. The van der Waals surface area contributed by atoms with Crippen molar-refractivity contribution in [2.24, 2.45) is 5.41 Å². The highest BCUT2D eigenvalue weighted by atomic mass is 16.5. The van der Waals surface area contributed by atoms with Crippen molar-refractivity contribution >= 4 is 5.91 Å². The zero-order valence-corrected chi connectivity index (χ0v) is 17.1. The number of hydrogen-bond acceptors (Lipinski definition) is 6. The van der Waals surface area contributed by atoms with Gasteiger partial charge >= 0.3 is 0 Å². The summed E-state index contributed by atoms with van der Waals surface area (Å²) >= 11 is 0. The van der Waals surface area contributed by atoms with Gasteiger partial charge in [0.1, 0.15) is 6.54 Å². The zero-order valence-electron chi connectivity index (χ0n) is 17.1. The molecule has 1 spiro atoms. The van der Waals surface area contributed by atoms with E-state index in [1.54, 1.807) is 12.5 Å². The maximum Gasteiger partial charge on any atom is 0.257 e. The molecule has 8 nitrogen and oxygen atoms in total. The van der Waals surface area contributed by atoms with E-state index in [1.807, 2.05) is 46.0 Å². The van der Waals surface area contributed by atoms with Gasteiger partial charge in [0.25, 0.3) is 5.89 Å². The molecule has 1 amide bonds. The second kappa shape index (κ2) is 7.68. The Morgan fingerprint density at radius 2 is 2.03 bits per heavy atom. The van der Waals surface area contributed by atoms with Crippen LogP contribution in [-0.2, 0) is 11.3 Å². The molecule has 30 heavy (non-hydrogen) atoms. The van der Waals surface area contributed by atoms with Crippen LogP contribution in [-0.4, -0.2) is 62.1 Å². The summed E-state index contributed by atoms with van der Waals surface area (Å²) in [6.45, 7) is 2.96. The van der Waals surface area contributed by atoms with Crippen molar-refractivity contribution < 1.29 is 9.32 Å². The minimum atomic E-state index is 0.152. The first-order valence-electron chi connectivity index (χ1n) is 10.4. The number of carbonyl (C=O) groups excluding carboxylic acids is 1. The largest absolute Gasteiger partial charge is 0.341 e. The third kappa shape index (κ3) is 3.63. The Labute approximate surface area is 175 Å². The fourth-order valence-corrected chi connectivity index (χ4v) is 4.86. The van der Waals surface area contributed by atoms with Crippen LogP contribution in [0.4, 0.5) is 0 Å². The standard InChI is InChI=1S/C22H26N6O2/c1-26-15-22(7-10-28(11-8-22)19(29)14-27-12-9-23-16-27)13-18(26)20-24-21(30-25-20)17-5-3-2-4-6-17/h2-6,9,12,16,18H,7-8,10-11,13-15H2,1H3. The molecule has 8 heteroatoms. The highest BCUT2D eigenvalue weighted by Crippen LogP contribution is 2.47. The Bertz CT molecular complexity index is 992. The fourth-order valence-electron chi connectivity index (χ4n) is 4.86. The molecule has 2 saturated heterocycles. The molecule has 5 rings (SSSR count). The number of hydrogen-bond donors (Lipinski definition) is 0. The Morgan fingerprint density at radius 3 is 2.77 bits per heavy atom. The van der Waals surface area contributed by atoms with Crippen molar-refractivity contribution in [2.45, 2.75) is 31.8 Å². The van der Waals surface area contributed by atoms with Crippen molar-refractivity contribution in [2.75, 3.05) is 26.7 Å². The van der Waals surface area contributed by atoms with E-state index in [9.17, 15) is 4.79 Å².